The normalized spacial score (nSPS) is 15.2. The Hall–Kier alpha value is -3.18. The lowest BCUT2D eigenvalue weighted by atomic mass is 10.1. The Labute approximate surface area is 164 Å². The SMILES string of the molecule is c1ccc(CN2CCN(c3nccn4nc(-c5ccccc5)cc34)CC2)cc1. The predicted molar refractivity (Wildman–Crippen MR) is 112 cm³/mol. The van der Waals surface area contributed by atoms with Crippen molar-refractivity contribution in [2.45, 2.75) is 6.54 Å². The van der Waals surface area contributed by atoms with Gasteiger partial charge in [-0.3, -0.25) is 4.90 Å². The van der Waals surface area contributed by atoms with Gasteiger partial charge in [-0.1, -0.05) is 60.7 Å². The molecule has 3 heterocycles. The second-order valence-corrected chi connectivity index (χ2v) is 7.23. The van der Waals surface area contributed by atoms with E-state index in [4.69, 9.17) is 10.1 Å². The predicted octanol–water partition coefficient (Wildman–Crippen LogP) is 3.72. The molecule has 2 aromatic heterocycles. The van der Waals surface area contributed by atoms with Gasteiger partial charge in [0.1, 0.15) is 5.52 Å². The number of nitrogens with zero attached hydrogens (tertiary/aromatic N) is 5. The molecule has 2 aromatic carbocycles. The van der Waals surface area contributed by atoms with Crippen LogP contribution in [0.5, 0.6) is 0 Å². The molecule has 0 radical (unpaired) electrons. The number of anilines is 1. The van der Waals surface area contributed by atoms with E-state index in [0.717, 1.165) is 55.3 Å². The summed E-state index contributed by atoms with van der Waals surface area (Å²) in [6.07, 6.45) is 3.78. The number of benzene rings is 2. The van der Waals surface area contributed by atoms with Gasteiger partial charge in [-0.15, -0.1) is 0 Å². The molecule has 0 amide bonds. The summed E-state index contributed by atoms with van der Waals surface area (Å²) in [5.74, 6) is 1.02. The number of hydrogen-bond acceptors (Lipinski definition) is 4. The molecule has 0 saturated carbocycles. The topological polar surface area (TPSA) is 36.7 Å². The molecule has 4 aromatic rings. The molecule has 5 nitrogen and oxygen atoms in total. The Bertz CT molecular complexity index is 1050. The van der Waals surface area contributed by atoms with Crippen LogP contribution < -0.4 is 4.90 Å². The number of fused-ring (bicyclic) bond motifs is 1. The van der Waals surface area contributed by atoms with Crippen molar-refractivity contribution >= 4 is 11.3 Å². The molecule has 0 bridgehead atoms. The molecule has 1 fully saturated rings. The first kappa shape index (κ1) is 17.0. The van der Waals surface area contributed by atoms with Crippen LogP contribution in [0.4, 0.5) is 5.82 Å². The average molecular weight is 369 g/mol. The van der Waals surface area contributed by atoms with Crippen LogP contribution in [-0.4, -0.2) is 45.7 Å². The lowest BCUT2D eigenvalue weighted by Gasteiger charge is -2.35. The fourth-order valence-electron chi connectivity index (χ4n) is 3.86. The Balaban J connectivity index is 1.35. The van der Waals surface area contributed by atoms with Crippen LogP contribution in [0, 0.1) is 0 Å². The molecule has 140 valence electrons. The van der Waals surface area contributed by atoms with E-state index in [-0.39, 0.29) is 0 Å². The maximum absolute atomic E-state index is 4.75. The summed E-state index contributed by atoms with van der Waals surface area (Å²) in [5.41, 5.74) is 4.56. The van der Waals surface area contributed by atoms with E-state index in [1.807, 2.05) is 35.1 Å². The first-order valence-electron chi connectivity index (χ1n) is 9.78. The number of piperazine rings is 1. The zero-order valence-corrected chi connectivity index (χ0v) is 15.8. The first-order chi connectivity index (χ1) is 13.9. The molecule has 0 spiro atoms. The Morgan fingerprint density at radius 2 is 1.54 bits per heavy atom. The molecule has 1 aliphatic rings. The monoisotopic (exact) mass is 369 g/mol. The minimum absolute atomic E-state index is 0.978. The van der Waals surface area contributed by atoms with E-state index in [2.05, 4.69) is 58.3 Å². The fourth-order valence-corrected chi connectivity index (χ4v) is 3.86. The van der Waals surface area contributed by atoms with Gasteiger partial charge in [-0.2, -0.15) is 5.10 Å². The van der Waals surface area contributed by atoms with Crippen molar-refractivity contribution in [2.24, 2.45) is 0 Å². The van der Waals surface area contributed by atoms with Crippen molar-refractivity contribution in [3.05, 3.63) is 84.7 Å². The van der Waals surface area contributed by atoms with Crippen LogP contribution in [0.15, 0.2) is 79.1 Å². The highest BCUT2D eigenvalue weighted by Crippen LogP contribution is 2.25. The van der Waals surface area contributed by atoms with Crippen LogP contribution in [-0.2, 0) is 6.54 Å². The van der Waals surface area contributed by atoms with Crippen molar-refractivity contribution in [1.82, 2.24) is 19.5 Å². The minimum Gasteiger partial charge on any atom is -0.352 e. The van der Waals surface area contributed by atoms with E-state index >= 15 is 0 Å². The summed E-state index contributed by atoms with van der Waals surface area (Å²) < 4.78 is 1.95. The van der Waals surface area contributed by atoms with Crippen LogP contribution in [0.2, 0.25) is 0 Å². The summed E-state index contributed by atoms with van der Waals surface area (Å²) in [5, 5.41) is 4.75. The van der Waals surface area contributed by atoms with Crippen molar-refractivity contribution in [2.75, 3.05) is 31.1 Å². The van der Waals surface area contributed by atoms with Gasteiger partial charge < -0.3 is 4.90 Å². The van der Waals surface area contributed by atoms with E-state index < -0.39 is 0 Å². The Morgan fingerprint density at radius 1 is 0.821 bits per heavy atom. The fraction of sp³-hybridized carbons (Fsp3) is 0.217. The molecular formula is C23H23N5. The summed E-state index contributed by atoms with van der Waals surface area (Å²) in [6, 6.07) is 23.2. The number of aromatic nitrogens is 3. The maximum Gasteiger partial charge on any atom is 0.154 e. The highest BCUT2D eigenvalue weighted by atomic mass is 15.3. The summed E-state index contributed by atoms with van der Waals surface area (Å²) in [7, 11) is 0. The highest BCUT2D eigenvalue weighted by Gasteiger charge is 2.21. The molecule has 0 unspecified atom stereocenters. The van der Waals surface area contributed by atoms with Crippen molar-refractivity contribution < 1.29 is 0 Å². The van der Waals surface area contributed by atoms with E-state index in [1.165, 1.54) is 5.56 Å². The van der Waals surface area contributed by atoms with Gasteiger partial charge in [0, 0.05) is 50.7 Å². The van der Waals surface area contributed by atoms with E-state index in [1.54, 1.807) is 0 Å². The third-order valence-electron chi connectivity index (χ3n) is 5.36. The molecule has 5 heteroatoms. The van der Waals surface area contributed by atoms with Gasteiger partial charge in [-0.25, -0.2) is 9.50 Å². The summed E-state index contributed by atoms with van der Waals surface area (Å²) in [6.45, 7) is 5.04. The Morgan fingerprint density at radius 3 is 2.29 bits per heavy atom. The summed E-state index contributed by atoms with van der Waals surface area (Å²) in [4.78, 5) is 9.59. The summed E-state index contributed by atoms with van der Waals surface area (Å²) >= 11 is 0. The quantitative estimate of drug-likeness (QED) is 0.549. The Kier molecular flexibility index (Phi) is 4.51. The largest absolute Gasteiger partial charge is 0.352 e. The van der Waals surface area contributed by atoms with Crippen molar-refractivity contribution in [1.29, 1.82) is 0 Å². The molecule has 0 aliphatic carbocycles. The van der Waals surface area contributed by atoms with Crippen molar-refractivity contribution in [3.8, 4) is 11.3 Å². The second-order valence-electron chi connectivity index (χ2n) is 7.23. The molecule has 5 rings (SSSR count). The zero-order chi connectivity index (χ0) is 18.8. The first-order valence-corrected chi connectivity index (χ1v) is 9.78. The van der Waals surface area contributed by atoms with Crippen LogP contribution >= 0.6 is 0 Å². The van der Waals surface area contributed by atoms with E-state index in [0.29, 0.717) is 0 Å². The second kappa shape index (κ2) is 7.44. The average Bonchev–Trinajstić information content (AvgIpc) is 3.20. The molecule has 1 aliphatic heterocycles. The van der Waals surface area contributed by atoms with Crippen molar-refractivity contribution in [3.63, 3.8) is 0 Å². The lowest BCUT2D eigenvalue weighted by Crippen LogP contribution is -2.46. The molecule has 1 saturated heterocycles. The van der Waals surface area contributed by atoms with Gasteiger partial charge >= 0.3 is 0 Å². The number of hydrogen-bond donors (Lipinski definition) is 0. The maximum atomic E-state index is 4.75. The molecule has 28 heavy (non-hydrogen) atoms. The zero-order valence-electron chi connectivity index (χ0n) is 15.8. The van der Waals surface area contributed by atoms with Gasteiger partial charge in [-0.05, 0) is 11.6 Å². The lowest BCUT2D eigenvalue weighted by molar-refractivity contribution is 0.249. The smallest absolute Gasteiger partial charge is 0.154 e. The minimum atomic E-state index is 0.978. The van der Waals surface area contributed by atoms with Crippen LogP contribution in [0.25, 0.3) is 16.8 Å². The van der Waals surface area contributed by atoms with Gasteiger partial charge in [0.15, 0.2) is 5.82 Å². The molecule has 0 atom stereocenters. The third kappa shape index (κ3) is 3.37. The third-order valence-corrected chi connectivity index (χ3v) is 5.36. The standard InChI is InChI=1S/C23H23N5/c1-3-7-19(8-4-1)18-26-13-15-27(16-14-26)23-22-17-21(20-9-5-2-6-10-20)25-28(22)12-11-24-23/h1-12,17H,13-16,18H2. The molecular weight excluding hydrogens is 346 g/mol. The van der Waals surface area contributed by atoms with Crippen LogP contribution in [0.1, 0.15) is 5.56 Å². The number of rotatable bonds is 4. The molecule has 0 N–H and O–H groups in total. The highest BCUT2D eigenvalue weighted by molar-refractivity contribution is 5.75. The van der Waals surface area contributed by atoms with Gasteiger partial charge in [0.05, 0.1) is 5.69 Å². The van der Waals surface area contributed by atoms with Gasteiger partial charge in [0.25, 0.3) is 0 Å². The van der Waals surface area contributed by atoms with E-state index in [9.17, 15) is 0 Å². The van der Waals surface area contributed by atoms with Crippen LogP contribution in [0.3, 0.4) is 0 Å². The van der Waals surface area contributed by atoms with Gasteiger partial charge in [0.2, 0.25) is 0 Å².